The van der Waals surface area contributed by atoms with Crippen molar-refractivity contribution in [3.63, 3.8) is 0 Å². The summed E-state index contributed by atoms with van der Waals surface area (Å²) < 4.78 is 54.6. The van der Waals surface area contributed by atoms with Crippen LogP contribution in [-0.2, 0) is 44.0 Å². The topological polar surface area (TPSA) is 257 Å². The second-order valence-electron chi connectivity index (χ2n) is 19.2. The number of aromatic nitrogens is 2. The molecule has 8 atom stereocenters. The molecule has 1 aromatic heterocycles. The Morgan fingerprint density at radius 2 is 1.66 bits per heavy atom. The quantitative estimate of drug-likeness (QED) is 0.105. The molecule has 4 unspecified atom stereocenters. The summed E-state index contributed by atoms with van der Waals surface area (Å²) in [4.78, 5) is 55.4. The number of hydrogen-bond acceptors (Lipinski definition) is 14. The summed E-state index contributed by atoms with van der Waals surface area (Å²) in [6.45, 7) is 24.5. The zero-order valence-electron chi connectivity index (χ0n) is 36.2. The Morgan fingerprint density at radius 1 is 1.07 bits per heavy atom. The number of amides is 2. The number of ether oxygens (including phenoxy) is 1. The van der Waals surface area contributed by atoms with Crippen LogP contribution in [0.15, 0.2) is 26.9 Å². The molecule has 0 bridgehead atoms. The van der Waals surface area contributed by atoms with E-state index in [2.05, 4.69) is 26.1 Å². The third-order valence-corrected chi connectivity index (χ3v) is 22.6. The third-order valence-electron chi connectivity index (χ3n) is 12.6. The van der Waals surface area contributed by atoms with E-state index in [4.69, 9.17) is 29.2 Å². The fourth-order valence-electron chi connectivity index (χ4n) is 6.72. The molecule has 4 rings (SSSR count). The molecule has 0 saturated carbocycles. The highest BCUT2D eigenvalue weighted by atomic mass is 32.2. The minimum Gasteiger partial charge on any atom is -0.414 e. The SMILES string of the molecule is Cc1cn(C2OC(CO[Si](C)(C)C(C)(C)C)C3(OS(=O)(=O)C=C3N)C2O[Si](C)(C)C(C)(C)C)c(=O)n(CCCNC(=O)[C@@H]2[C@@H](O)[C@@H](O)CN2C(=O)[C@@H](N)C(C)C)c1=O. The Hall–Kier alpha value is -2.74. The molecule has 3 aliphatic rings. The molecule has 58 heavy (non-hydrogen) atoms. The Balaban J connectivity index is 1.70. The highest BCUT2D eigenvalue weighted by Crippen LogP contribution is 2.52. The molecule has 0 aliphatic carbocycles. The molecule has 7 N–H and O–H groups in total. The summed E-state index contributed by atoms with van der Waals surface area (Å²) in [5, 5.41) is 23.8. The molecule has 1 spiro atoms. The highest BCUT2D eigenvalue weighted by molar-refractivity contribution is 7.90. The molecule has 1 aromatic rings. The summed E-state index contributed by atoms with van der Waals surface area (Å²) in [5.41, 5.74) is 9.30. The van der Waals surface area contributed by atoms with Crippen LogP contribution in [0.25, 0.3) is 0 Å². The molecule has 18 nitrogen and oxygen atoms in total. The summed E-state index contributed by atoms with van der Waals surface area (Å²) in [5.74, 6) is -1.58. The fraction of sp³-hybridized carbons (Fsp3) is 0.784. The average molecular weight is 875 g/mol. The molecule has 4 heterocycles. The number of nitrogens with two attached hydrogens (primary N) is 2. The van der Waals surface area contributed by atoms with E-state index in [1.54, 1.807) is 13.8 Å². The van der Waals surface area contributed by atoms with Gasteiger partial charge in [0.1, 0.15) is 24.4 Å². The zero-order valence-corrected chi connectivity index (χ0v) is 39.0. The first-order valence-electron chi connectivity index (χ1n) is 19.7. The maximum Gasteiger partial charge on any atom is 0.333 e. The van der Waals surface area contributed by atoms with E-state index >= 15 is 0 Å². The molecular formula is C37H66N6O12SSi2. The van der Waals surface area contributed by atoms with Gasteiger partial charge in [0.25, 0.3) is 15.7 Å². The number of hydrogen-bond donors (Lipinski definition) is 5. The van der Waals surface area contributed by atoms with Gasteiger partial charge in [-0.2, -0.15) is 8.42 Å². The standard InChI is InChI=1S/C37H66N6O12SSi2/c1-21(2)26(39)32(48)42-18-23(44)28(45)27(42)30(46)40-15-14-16-41-31(47)22(3)17-43(34(41)49)33-29(54-58(12,13)36(7,8)9)37(24(38)20-56(50,51)55-37)25(53-33)19-52-57(10,11)35(4,5)6/h17,20-21,23,25-29,33,44-45H,14-16,18-19,38-39H2,1-13H3,(H,40,46)/t23-,25?,26-,27-,28-,29?,33?,37?/m0/s1. The molecule has 0 aromatic carbocycles. The summed E-state index contributed by atoms with van der Waals surface area (Å²) in [6.07, 6.45) is -5.30. The lowest BCUT2D eigenvalue weighted by atomic mass is 9.89. The van der Waals surface area contributed by atoms with Gasteiger partial charge in [-0.3, -0.25) is 23.5 Å². The van der Waals surface area contributed by atoms with Gasteiger partial charge in [-0.05, 0) is 55.5 Å². The van der Waals surface area contributed by atoms with Crippen molar-refractivity contribution in [3.05, 3.63) is 43.7 Å². The lowest BCUT2D eigenvalue weighted by molar-refractivity contribution is -0.142. The van der Waals surface area contributed by atoms with Gasteiger partial charge in [-0.25, -0.2) is 8.98 Å². The van der Waals surface area contributed by atoms with Crippen molar-refractivity contribution in [1.82, 2.24) is 19.4 Å². The average Bonchev–Trinajstić information content (AvgIpc) is 3.64. The van der Waals surface area contributed by atoms with Gasteiger partial charge in [0.05, 0.1) is 36.4 Å². The number of carbonyl (C=O) groups excluding carboxylic acids is 2. The van der Waals surface area contributed by atoms with Gasteiger partial charge >= 0.3 is 5.69 Å². The molecule has 330 valence electrons. The first kappa shape index (κ1) is 47.9. The predicted octanol–water partition coefficient (Wildman–Crippen LogP) is 0.949. The number of aliphatic hydroxyl groups excluding tert-OH is 2. The first-order chi connectivity index (χ1) is 26.3. The van der Waals surface area contributed by atoms with Crippen LogP contribution < -0.4 is 28.0 Å². The van der Waals surface area contributed by atoms with Crippen molar-refractivity contribution >= 4 is 38.6 Å². The normalized spacial score (nSPS) is 28.4. The molecule has 2 saturated heterocycles. The van der Waals surface area contributed by atoms with Gasteiger partial charge in [-0.1, -0.05) is 55.4 Å². The molecule has 0 radical (unpaired) electrons. The van der Waals surface area contributed by atoms with E-state index in [-0.39, 0.29) is 54.9 Å². The summed E-state index contributed by atoms with van der Waals surface area (Å²) in [6, 6.07) is -2.35. The molecule has 2 fully saturated rings. The molecule has 2 amide bonds. The number of likely N-dealkylation sites (tertiary alicyclic amines) is 1. The summed E-state index contributed by atoms with van der Waals surface area (Å²) >= 11 is 0. The third kappa shape index (κ3) is 9.13. The van der Waals surface area contributed by atoms with E-state index in [0.29, 0.717) is 0 Å². The van der Waals surface area contributed by atoms with Crippen LogP contribution in [0.2, 0.25) is 36.3 Å². The smallest absolute Gasteiger partial charge is 0.333 e. The van der Waals surface area contributed by atoms with E-state index in [1.165, 1.54) is 17.7 Å². The second-order valence-corrected chi connectivity index (χ2v) is 30.1. The van der Waals surface area contributed by atoms with E-state index in [9.17, 15) is 37.8 Å². The van der Waals surface area contributed by atoms with Crippen molar-refractivity contribution in [2.24, 2.45) is 17.4 Å². The number of nitrogens with one attached hydrogen (secondary N) is 1. The van der Waals surface area contributed by atoms with Crippen molar-refractivity contribution < 1.29 is 46.0 Å². The van der Waals surface area contributed by atoms with Crippen LogP contribution in [-0.4, -0.2) is 123 Å². The van der Waals surface area contributed by atoms with Crippen LogP contribution >= 0.6 is 0 Å². The monoisotopic (exact) mass is 874 g/mol. The van der Waals surface area contributed by atoms with Gasteiger partial charge in [0.2, 0.25) is 11.8 Å². The molecule has 21 heteroatoms. The predicted molar refractivity (Wildman–Crippen MR) is 222 cm³/mol. The zero-order chi connectivity index (χ0) is 44.3. The minimum atomic E-state index is -4.33. The Kier molecular flexibility index (Phi) is 13.7. The molecule has 3 aliphatic heterocycles. The van der Waals surface area contributed by atoms with Gasteiger partial charge < -0.3 is 45.5 Å². The van der Waals surface area contributed by atoms with E-state index in [1.807, 2.05) is 47.0 Å². The number of rotatable bonds is 13. The number of aryl methyl sites for hydroxylation is 1. The lowest BCUT2D eigenvalue weighted by Crippen LogP contribution is -2.59. The van der Waals surface area contributed by atoms with Gasteiger partial charge in [0.15, 0.2) is 28.5 Å². The second kappa shape index (κ2) is 16.6. The maximum atomic E-state index is 14.4. The van der Waals surface area contributed by atoms with Crippen LogP contribution in [0.4, 0.5) is 0 Å². The Bertz CT molecular complexity index is 1990. The van der Waals surface area contributed by atoms with Crippen molar-refractivity contribution in [1.29, 1.82) is 0 Å². The van der Waals surface area contributed by atoms with Crippen molar-refractivity contribution in [3.8, 4) is 0 Å². The minimum absolute atomic E-state index is 0.0640. The lowest BCUT2D eigenvalue weighted by Gasteiger charge is -2.43. The Morgan fingerprint density at radius 3 is 2.17 bits per heavy atom. The van der Waals surface area contributed by atoms with Gasteiger partial charge in [-0.15, -0.1) is 0 Å². The highest BCUT2D eigenvalue weighted by Gasteiger charge is 2.67. The fourth-order valence-corrected chi connectivity index (χ4v) is 10.2. The van der Waals surface area contributed by atoms with E-state index in [0.717, 1.165) is 14.9 Å². The van der Waals surface area contributed by atoms with E-state index < -0.39 is 103 Å². The van der Waals surface area contributed by atoms with Gasteiger partial charge in [0, 0.05) is 24.8 Å². The number of aliphatic hydroxyl groups is 2. The number of nitrogens with zero attached hydrogens (tertiary/aromatic N) is 3. The number of carbonyl (C=O) groups is 2. The summed E-state index contributed by atoms with van der Waals surface area (Å²) in [7, 11) is -9.62. The maximum absolute atomic E-state index is 14.4. The van der Waals surface area contributed by atoms with Crippen LogP contribution in [0.5, 0.6) is 0 Å². The first-order valence-corrected chi connectivity index (χ1v) is 27.0. The van der Waals surface area contributed by atoms with Crippen LogP contribution in [0, 0.1) is 12.8 Å². The number of β-amino-alcohol motifs (C(OH)–C–C–N with tert-alkyl or cyclic N) is 1. The van der Waals surface area contributed by atoms with Crippen LogP contribution in [0.3, 0.4) is 0 Å². The van der Waals surface area contributed by atoms with Crippen molar-refractivity contribution in [2.45, 2.75) is 160 Å². The van der Waals surface area contributed by atoms with Crippen molar-refractivity contribution in [2.75, 3.05) is 19.7 Å². The Labute approximate surface area is 343 Å². The largest absolute Gasteiger partial charge is 0.414 e. The molecular weight excluding hydrogens is 809 g/mol. The van der Waals surface area contributed by atoms with Crippen LogP contribution in [0.1, 0.15) is 73.6 Å².